The maximum absolute atomic E-state index is 12.4. The predicted octanol–water partition coefficient (Wildman–Crippen LogP) is 2.09. The third-order valence-corrected chi connectivity index (χ3v) is 5.10. The first kappa shape index (κ1) is 19.7. The Morgan fingerprint density at radius 3 is 2.67 bits per heavy atom. The van der Waals surface area contributed by atoms with Gasteiger partial charge in [-0.2, -0.15) is 10.2 Å². The van der Waals surface area contributed by atoms with Crippen LogP contribution in [0.2, 0.25) is 0 Å². The molecule has 0 unspecified atom stereocenters. The summed E-state index contributed by atoms with van der Waals surface area (Å²) < 4.78 is 8.59. The van der Waals surface area contributed by atoms with Crippen LogP contribution in [0.5, 0.6) is 5.88 Å². The highest BCUT2D eigenvalue weighted by atomic mass is 16.6. The summed E-state index contributed by atoms with van der Waals surface area (Å²) in [5.41, 5.74) is 3.22. The normalized spacial score (nSPS) is 13.1. The number of hydrogen-bond donors (Lipinski definition) is 1. The van der Waals surface area contributed by atoms with Crippen LogP contribution < -0.4 is 10.1 Å². The Morgan fingerprint density at radius 1 is 1.20 bits per heavy atom. The average Bonchev–Trinajstić information content (AvgIpc) is 3.24. The van der Waals surface area contributed by atoms with Gasteiger partial charge in [-0.3, -0.25) is 4.79 Å². The summed E-state index contributed by atoms with van der Waals surface area (Å²) in [6.45, 7) is 3.78. The molecule has 0 aliphatic carbocycles. The molecule has 0 saturated carbocycles. The molecule has 2 amide bonds. The molecule has 3 aromatic rings. The number of aromatic nitrogens is 4. The zero-order valence-corrected chi connectivity index (χ0v) is 17.0. The van der Waals surface area contributed by atoms with Gasteiger partial charge in [0.15, 0.2) is 0 Å². The highest BCUT2D eigenvalue weighted by molar-refractivity contribution is 5.97. The summed E-state index contributed by atoms with van der Waals surface area (Å²) in [7, 11) is 1.63. The van der Waals surface area contributed by atoms with E-state index in [9.17, 15) is 9.59 Å². The number of ether oxygens (including phenoxy) is 1. The van der Waals surface area contributed by atoms with Crippen LogP contribution in [0.4, 0.5) is 4.79 Å². The number of rotatable bonds is 6. The molecule has 30 heavy (non-hydrogen) atoms. The van der Waals surface area contributed by atoms with Gasteiger partial charge in [-0.1, -0.05) is 18.2 Å². The lowest BCUT2D eigenvalue weighted by atomic mass is 10.2. The van der Waals surface area contributed by atoms with Crippen molar-refractivity contribution in [1.82, 2.24) is 29.8 Å². The lowest BCUT2D eigenvalue weighted by molar-refractivity contribution is 0.0648. The van der Waals surface area contributed by atoms with E-state index < -0.39 is 6.09 Å². The molecule has 3 heterocycles. The predicted molar refractivity (Wildman–Crippen MR) is 110 cm³/mol. The lowest BCUT2D eigenvalue weighted by Crippen LogP contribution is -2.42. The van der Waals surface area contributed by atoms with Crippen LogP contribution in [0.3, 0.4) is 0 Å². The van der Waals surface area contributed by atoms with Crippen LogP contribution in [0.15, 0.2) is 42.7 Å². The van der Waals surface area contributed by atoms with E-state index in [-0.39, 0.29) is 11.8 Å². The van der Waals surface area contributed by atoms with Gasteiger partial charge >= 0.3 is 6.09 Å². The van der Waals surface area contributed by atoms with E-state index in [2.05, 4.69) is 15.5 Å². The van der Waals surface area contributed by atoms with Crippen LogP contribution in [0.25, 0.3) is 5.69 Å². The van der Waals surface area contributed by atoms with Gasteiger partial charge in [-0.15, -0.1) is 0 Å². The fourth-order valence-corrected chi connectivity index (χ4v) is 3.25. The third-order valence-electron chi connectivity index (χ3n) is 5.10. The molecule has 0 bridgehead atoms. The molecule has 1 aromatic carbocycles. The maximum Gasteiger partial charge on any atom is 0.413 e. The SMILES string of the molecule is Cc1cn(-c2ccccc2)nc1CCNC(=O)Oc1c(C(=O)N2CCC2)cnn1C. The van der Waals surface area contributed by atoms with E-state index in [1.165, 1.54) is 10.9 Å². The molecule has 1 saturated heterocycles. The zero-order chi connectivity index (χ0) is 21.1. The van der Waals surface area contributed by atoms with E-state index >= 15 is 0 Å². The number of hydrogen-bond acceptors (Lipinski definition) is 5. The van der Waals surface area contributed by atoms with Crippen molar-refractivity contribution < 1.29 is 14.3 Å². The molecule has 1 N–H and O–H groups in total. The second kappa shape index (κ2) is 8.40. The Kier molecular flexibility index (Phi) is 5.51. The van der Waals surface area contributed by atoms with Crippen molar-refractivity contribution in [2.45, 2.75) is 19.8 Å². The van der Waals surface area contributed by atoms with Crippen LogP contribution in [-0.4, -0.2) is 56.1 Å². The standard InChI is InChI=1S/C21H24N6O3/c1-15-14-27(16-7-4-3-5-8-16)24-18(15)9-10-22-21(29)30-20-17(13-23-25(20)2)19(28)26-11-6-12-26/h3-5,7-8,13-14H,6,9-12H2,1-2H3,(H,22,29). The monoisotopic (exact) mass is 408 g/mol. The summed E-state index contributed by atoms with van der Waals surface area (Å²) >= 11 is 0. The molecule has 4 rings (SSSR count). The van der Waals surface area contributed by atoms with Gasteiger partial charge in [0.25, 0.3) is 5.91 Å². The van der Waals surface area contributed by atoms with Crippen molar-refractivity contribution in [2.75, 3.05) is 19.6 Å². The minimum absolute atomic E-state index is 0.147. The van der Waals surface area contributed by atoms with Crippen molar-refractivity contribution in [3.05, 3.63) is 59.5 Å². The molecule has 0 atom stereocenters. The van der Waals surface area contributed by atoms with Gasteiger partial charge in [0.1, 0.15) is 5.56 Å². The zero-order valence-electron chi connectivity index (χ0n) is 17.0. The quantitative estimate of drug-likeness (QED) is 0.674. The molecule has 0 radical (unpaired) electrons. The van der Waals surface area contributed by atoms with Crippen LogP contribution in [0.1, 0.15) is 28.0 Å². The lowest BCUT2D eigenvalue weighted by Gasteiger charge is -2.30. The number of para-hydroxylation sites is 1. The van der Waals surface area contributed by atoms with Gasteiger partial charge in [0.2, 0.25) is 5.88 Å². The van der Waals surface area contributed by atoms with Crippen molar-refractivity contribution in [3.63, 3.8) is 0 Å². The van der Waals surface area contributed by atoms with E-state index in [1.807, 2.05) is 48.1 Å². The molecule has 2 aromatic heterocycles. The second-order valence-corrected chi connectivity index (χ2v) is 7.24. The Morgan fingerprint density at radius 2 is 1.97 bits per heavy atom. The summed E-state index contributed by atoms with van der Waals surface area (Å²) in [4.78, 5) is 26.4. The maximum atomic E-state index is 12.4. The Labute approximate surface area is 174 Å². The van der Waals surface area contributed by atoms with Crippen molar-refractivity contribution >= 4 is 12.0 Å². The minimum atomic E-state index is -0.628. The number of nitrogens with zero attached hydrogens (tertiary/aromatic N) is 5. The highest BCUT2D eigenvalue weighted by Crippen LogP contribution is 2.21. The van der Waals surface area contributed by atoms with Crippen molar-refractivity contribution in [2.24, 2.45) is 7.05 Å². The highest BCUT2D eigenvalue weighted by Gasteiger charge is 2.27. The first-order valence-electron chi connectivity index (χ1n) is 9.90. The van der Waals surface area contributed by atoms with Crippen LogP contribution >= 0.6 is 0 Å². The molecule has 156 valence electrons. The number of amides is 2. The fourth-order valence-electron chi connectivity index (χ4n) is 3.25. The molecule has 9 nitrogen and oxygen atoms in total. The second-order valence-electron chi connectivity index (χ2n) is 7.24. The molecule has 9 heteroatoms. The number of aryl methyl sites for hydroxylation is 2. The Balaban J connectivity index is 1.34. The van der Waals surface area contributed by atoms with E-state index in [0.29, 0.717) is 31.6 Å². The van der Waals surface area contributed by atoms with Crippen LogP contribution in [0, 0.1) is 6.92 Å². The number of benzene rings is 1. The van der Waals surface area contributed by atoms with E-state index in [0.717, 1.165) is 23.4 Å². The summed E-state index contributed by atoms with van der Waals surface area (Å²) in [6.07, 6.45) is 4.32. The largest absolute Gasteiger partial charge is 0.413 e. The van der Waals surface area contributed by atoms with Crippen molar-refractivity contribution in [3.8, 4) is 11.6 Å². The molecule has 0 spiro atoms. The van der Waals surface area contributed by atoms with Crippen LogP contribution in [-0.2, 0) is 13.5 Å². The number of likely N-dealkylation sites (tertiary alicyclic amines) is 1. The summed E-state index contributed by atoms with van der Waals surface area (Å²) in [5, 5.41) is 11.4. The van der Waals surface area contributed by atoms with Gasteiger partial charge in [-0.05, 0) is 31.0 Å². The number of nitrogens with one attached hydrogen (secondary N) is 1. The third kappa shape index (κ3) is 4.05. The number of carbonyl (C=O) groups excluding carboxylic acids is 2. The van der Waals surface area contributed by atoms with Gasteiger partial charge in [0.05, 0.1) is 17.6 Å². The number of carbonyl (C=O) groups is 2. The van der Waals surface area contributed by atoms with Gasteiger partial charge < -0.3 is 15.0 Å². The summed E-state index contributed by atoms with van der Waals surface area (Å²) in [6, 6.07) is 9.85. The van der Waals surface area contributed by atoms with Crippen molar-refractivity contribution in [1.29, 1.82) is 0 Å². The van der Waals surface area contributed by atoms with E-state index in [1.54, 1.807) is 11.9 Å². The molecular weight excluding hydrogens is 384 g/mol. The fraction of sp³-hybridized carbons (Fsp3) is 0.333. The minimum Gasteiger partial charge on any atom is -0.391 e. The first-order chi connectivity index (χ1) is 14.5. The summed E-state index contributed by atoms with van der Waals surface area (Å²) in [5.74, 6) is -0.0202. The molecule has 1 fully saturated rings. The molecular formula is C21H24N6O3. The smallest absolute Gasteiger partial charge is 0.391 e. The molecule has 1 aliphatic rings. The topological polar surface area (TPSA) is 94.3 Å². The van der Waals surface area contributed by atoms with Gasteiger partial charge in [0, 0.05) is 39.3 Å². The average molecular weight is 408 g/mol. The Bertz CT molecular complexity index is 1050. The first-order valence-corrected chi connectivity index (χ1v) is 9.90. The van der Waals surface area contributed by atoms with E-state index in [4.69, 9.17) is 4.74 Å². The molecule has 1 aliphatic heterocycles. The Hall–Kier alpha value is -3.62. The van der Waals surface area contributed by atoms with Gasteiger partial charge in [-0.25, -0.2) is 14.2 Å².